The molecule has 0 radical (unpaired) electrons. The highest BCUT2D eigenvalue weighted by Gasteiger charge is 2.26. The van der Waals surface area contributed by atoms with E-state index in [-0.39, 0.29) is 6.10 Å². The van der Waals surface area contributed by atoms with Crippen LogP contribution in [0.1, 0.15) is 26.2 Å². The minimum atomic E-state index is -3.05. The van der Waals surface area contributed by atoms with Gasteiger partial charge in [0.25, 0.3) is 0 Å². The lowest BCUT2D eigenvalue weighted by atomic mass is 9.99. The first kappa shape index (κ1) is 15.9. The highest BCUT2D eigenvalue weighted by molar-refractivity contribution is 7.88. The van der Waals surface area contributed by atoms with Gasteiger partial charge < -0.3 is 10.0 Å². The van der Waals surface area contributed by atoms with Crippen LogP contribution in [0.4, 0.5) is 0 Å². The molecule has 1 fully saturated rings. The third-order valence-corrected chi connectivity index (χ3v) is 4.72. The topological polar surface area (TPSA) is 60.9 Å². The molecule has 0 saturated carbocycles. The Morgan fingerprint density at radius 1 is 1.50 bits per heavy atom. The number of rotatable bonds is 6. The van der Waals surface area contributed by atoms with Gasteiger partial charge in [0.15, 0.2) is 0 Å². The predicted octanol–water partition coefficient (Wildman–Crippen LogP) is 0.361. The third-order valence-electron chi connectivity index (χ3n) is 3.45. The first-order valence-electron chi connectivity index (χ1n) is 6.60. The van der Waals surface area contributed by atoms with E-state index < -0.39 is 10.0 Å². The predicted molar refractivity (Wildman–Crippen MR) is 72.9 cm³/mol. The van der Waals surface area contributed by atoms with Crippen molar-refractivity contribution < 1.29 is 13.5 Å². The van der Waals surface area contributed by atoms with Crippen molar-refractivity contribution in [2.45, 2.75) is 32.3 Å². The summed E-state index contributed by atoms with van der Waals surface area (Å²) in [6.07, 6.45) is 3.81. The Morgan fingerprint density at radius 2 is 2.17 bits per heavy atom. The van der Waals surface area contributed by atoms with Crippen LogP contribution in [0.25, 0.3) is 0 Å². The van der Waals surface area contributed by atoms with E-state index in [0.29, 0.717) is 19.0 Å². The van der Waals surface area contributed by atoms with Crippen molar-refractivity contribution in [1.82, 2.24) is 9.21 Å². The van der Waals surface area contributed by atoms with Crippen LogP contribution in [-0.4, -0.2) is 68.3 Å². The number of hydrogen-bond acceptors (Lipinski definition) is 4. The molecule has 0 spiro atoms. The van der Waals surface area contributed by atoms with Crippen LogP contribution in [0.3, 0.4) is 0 Å². The molecule has 1 rings (SSSR count). The van der Waals surface area contributed by atoms with Gasteiger partial charge in [0.2, 0.25) is 10.0 Å². The molecular formula is C12H26N2O3S. The van der Waals surface area contributed by atoms with E-state index in [2.05, 4.69) is 4.90 Å². The number of hydrogen-bond donors (Lipinski definition) is 1. The largest absolute Gasteiger partial charge is 0.393 e. The fourth-order valence-electron chi connectivity index (χ4n) is 2.42. The summed E-state index contributed by atoms with van der Waals surface area (Å²) in [6.45, 7) is 4.84. The van der Waals surface area contributed by atoms with Crippen molar-refractivity contribution in [2.24, 2.45) is 5.92 Å². The fourth-order valence-corrected chi connectivity index (χ4v) is 3.36. The zero-order valence-electron chi connectivity index (χ0n) is 11.7. The minimum Gasteiger partial charge on any atom is -0.393 e. The van der Waals surface area contributed by atoms with E-state index in [9.17, 15) is 13.5 Å². The first-order chi connectivity index (χ1) is 8.29. The van der Waals surface area contributed by atoms with Crippen molar-refractivity contribution in [2.75, 3.05) is 39.5 Å². The van der Waals surface area contributed by atoms with E-state index in [1.165, 1.54) is 6.26 Å². The standard InChI is InChI=1S/C12H26N2O3S/c1-11(15)6-8-13(2)9-12-5-4-7-14(10-12)18(3,16)17/h11-12,15H,4-10H2,1-3H3. The highest BCUT2D eigenvalue weighted by atomic mass is 32.2. The lowest BCUT2D eigenvalue weighted by Gasteiger charge is -2.33. The van der Waals surface area contributed by atoms with Gasteiger partial charge in [0.1, 0.15) is 0 Å². The number of sulfonamides is 1. The maximum Gasteiger partial charge on any atom is 0.211 e. The quantitative estimate of drug-likeness (QED) is 0.762. The van der Waals surface area contributed by atoms with Crippen molar-refractivity contribution in [1.29, 1.82) is 0 Å². The van der Waals surface area contributed by atoms with Gasteiger partial charge in [0, 0.05) is 26.2 Å². The molecule has 0 aromatic heterocycles. The fraction of sp³-hybridized carbons (Fsp3) is 1.00. The van der Waals surface area contributed by atoms with Gasteiger partial charge in [-0.15, -0.1) is 0 Å². The Hall–Kier alpha value is -0.170. The maximum absolute atomic E-state index is 11.5. The Morgan fingerprint density at radius 3 is 2.72 bits per heavy atom. The molecule has 6 heteroatoms. The van der Waals surface area contributed by atoms with Gasteiger partial charge in [-0.1, -0.05) is 0 Å². The molecule has 0 aromatic rings. The van der Waals surface area contributed by atoms with Crippen molar-refractivity contribution >= 4 is 10.0 Å². The molecule has 1 heterocycles. The van der Waals surface area contributed by atoms with Crippen molar-refractivity contribution in [3.63, 3.8) is 0 Å². The second-order valence-electron chi connectivity index (χ2n) is 5.53. The molecule has 5 nitrogen and oxygen atoms in total. The smallest absolute Gasteiger partial charge is 0.211 e. The van der Waals surface area contributed by atoms with E-state index in [4.69, 9.17) is 0 Å². The summed E-state index contributed by atoms with van der Waals surface area (Å²) in [6, 6.07) is 0. The molecule has 2 unspecified atom stereocenters. The summed E-state index contributed by atoms with van der Waals surface area (Å²) >= 11 is 0. The van der Waals surface area contributed by atoms with Gasteiger partial charge in [-0.3, -0.25) is 0 Å². The lowest BCUT2D eigenvalue weighted by Crippen LogP contribution is -2.42. The van der Waals surface area contributed by atoms with Crippen LogP contribution < -0.4 is 0 Å². The summed E-state index contributed by atoms with van der Waals surface area (Å²) in [4.78, 5) is 2.18. The highest BCUT2D eigenvalue weighted by Crippen LogP contribution is 2.19. The molecule has 0 aliphatic carbocycles. The SMILES string of the molecule is CC(O)CCN(C)CC1CCCN(S(C)(=O)=O)C1. The molecular weight excluding hydrogens is 252 g/mol. The summed E-state index contributed by atoms with van der Waals surface area (Å²) in [5.74, 6) is 0.410. The normalized spacial score (nSPS) is 24.4. The molecule has 1 N–H and O–H groups in total. The summed E-state index contributed by atoms with van der Waals surface area (Å²) in [7, 11) is -1.02. The summed E-state index contributed by atoms with van der Waals surface area (Å²) < 4.78 is 24.6. The molecule has 18 heavy (non-hydrogen) atoms. The number of nitrogens with zero attached hydrogens (tertiary/aromatic N) is 2. The minimum absolute atomic E-state index is 0.272. The molecule has 1 saturated heterocycles. The second-order valence-corrected chi connectivity index (χ2v) is 7.51. The van der Waals surface area contributed by atoms with Crippen LogP contribution in [0, 0.1) is 5.92 Å². The van der Waals surface area contributed by atoms with E-state index in [1.54, 1.807) is 11.2 Å². The molecule has 1 aliphatic heterocycles. The summed E-state index contributed by atoms with van der Waals surface area (Å²) in [5.41, 5.74) is 0. The number of aliphatic hydroxyl groups is 1. The van der Waals surface area contributed by atoms with Crippen molar-refractivity contribution in [3.05, 3.63) is 0 Å². The van der Waals surface area contributed by atoms with E-state index in [0.717, 1.165) is 32.4 Å². The molecule has 2 atom stereocenters. The van der Waals surface area contributed by atoms with Crippen LogP contribution in [0.2, 0.25) is 0 Å². The zero-order valence-corrected chi connectivity index (χ0v) is 12.5. The Kier molecular flexibility index (Phi) is 6.04. The molecule has 108 valence electrons. The van der Waals surface area contributed by atoms with Gasteiger partial charge in [0.05, 0.1) is 12.4 Å². The average Bonchev–Trinajstić information content (AvgIpc) is 2.25. The van der Waals surface area contributed by atoms with Crippen LogP contribution in [-0.2, 0) is 10.0 Å². The molecule has 0 amide bonds. The van der Waals surface area contributed by atoms with Gasteiger partial charge >= 0.3 is 0 Å². The van der Waals surface area contributed by atoms with Crippen LogP contribution in [0.15, 0.2) is 0 Å². The Labute approximate surface area is 111 Å². The third kappa shape index (κ3) is 5.65. The maximum atomic E-state index is 11.5. The number of aliphatic hydroxyl groups excluding tert-OH is 1. The summed E-state index contributed by atoms with van der Waals surface area (Å²) in [5, 5.41) is 9.24. The first-order valence-corrected chi connectivity index (χ1v) is 8.45. The Balaban J connectivity index is 2.38. The monoisotopic (exact) mass is 278 g/mol. The van der Waals surface area contributed by atoms with Crippen LogP contribution >= 0.6 is 0 Å². The van der Waals surface area contributed by atoms with Gasteiger partial charge in [-0.25, -0.2) is 12.7 Å². The lowest BCUT2D eigenvalue weighted by molar-refractivity contribution is 0.149. The molecule has 1 aliphatic rings. The average molecular weight is 278 g/mol. The van der Waals surface area contributed by atoms with Gasteiger partial charge in [-0.2, -0.15) is 0 Å². The second kappa shape index (κ2) is 6.84. The van der Waals surface area contributed by atoms with Crippen molar-refractivity contribution in [3.8, 4) is 0 Å². The van der Waals surface area contributed by atoms with Gasteiger partial charge in [-0.05, 0) is 39.2 Å². The van der Waals surface area contributed by atoms with Crippen LogP contribution in [0.5, 0.6) is 0 Å². The van der Waals surface area contributed by atoms with E-state index >= 15 is 0 Å². The number of piperidine rings is 1. The zero-order chi connectivity index (χ0) is 13.8. The molecule has 0 aromatic carbocycles. The molecule has 0 bridgehead atoms. The van der Waals surface area contributed by atoms with E-state index in [1.807, 2.05) is 7.05 Å². The Bertz CT molecular complexity index is 343.